The minimum Gasteiger partial charge on any atom is -0.354 e. The first-order valence-electron chi connectivity index (χ1n) is 9.06. The number of aromatic nitrogens is 3. The van der Waals surface area contributed by atoms with Crippen molar-refractivity contribution in [3.05, 3.63) is 81.0 Å². The number of H-pyrrole nitrogens is 1. The van der Waals surface area contributed by atoms with Crippen LogP contribution in [0.5, 0.6) is 0 Å². The Bertz CT molecular complexity index is 1300. The van der Waals surface area contributed by atoms with Crippen molar-refractivity contribution in [2.75, 3.05) is 6.54 Å². The highest BCUT2D eigenvalue weighted by atomic mass is 16.2. The Morgan fingerprint density at radius 1 is 1.04 bits per heavy atom. The Morgan fingerprint density at radius 3 is 2.57 bits per heavy atom. The summed E-state index contributed by atoms with van der Waals surface area (Å²) >= 11 is 0. The minimum atomic E-state index is -0.666. The molecular formula is C21H20N4O3. The number of aryl methyl sites for hydroxylation is 1. The van der Waals surface area contributed by atoms with Gasteiger partial charge in [0.1, 0.15) is 0 Å². The number of para-hydroxylation sites is 3. The third-order valence-electron chi connectivity index (χ3n) is 4.87. The molecule has 7 nitrogen and oxygen atoms in total. The van der Waals surface area contributed by atoms with Crippen LogP contribution in [0, 0.1) is 0 Å². The van der Waals surface area contributed by atoms with Crippen molar-refractivity contribution in [2.24, 2.45) is 7.05 Å². The lowest BCUT2D eigenvalue weighted by Gasteiger charge is -2.10. The normalized spacial score (nSPS) is 11.2. The van der Waals surface area contributed by atoms with Crippen LogP contribution in [0.15, 0.2) is 64.3 Å². The number of carbonyl (C=O) groups is 1. The number of hydrogen-bond acceptors (Lipinski definition) is 3. The van der Waals surface area contributed by atoms with Crippen LogP contribution in [0.4, 0.5) is 0 Å². The highest BCUT2D eigenvalue weighted by Gasteiger charge is 2.11. The van der Waals surface area contributed by atoms with Crippen LogP contribution in [-0.2, 0) is 24.8 Å². The summed E-state index contributed by atoms with van der Waals surface area (Å²) in [6.07, 6.45) is 2.21. The number of amides is 1. The fourth-order valence-electron chi connectivity index (χ4n) is 3.55. The molecule has 0 aliphatic heterocycles. The molecule has 4 aromatic rings. The van der Waals surface area contributed by atoms with E-state index in [9.17, 15) is 14.4 Å². The van der Waals surface area contributed by atoms with E-state index in [0.29, 0.717) is 11.0 Å². The molecule has 0 spiro atoms. The minimum absolute atomic E-state index is 0.126. The van der Waals surface area contributed by atoms with E-state index in [1.807, 2.05) is 42.1 Å². The van der Waals surface area contributed by atoms with Crippen LogP contribution < -0.4 is 16.4 Å². The van der Waals surface area contributed by atoms with Crippen molar-refractivity contribution in [1.29, 1.82) is 0 Å². The van der Waals surface area contributed by atoms with E-state index in [4.69, 9.17) is 0 Å². The maximum atomic E-state index is 12.4. The van der Waals surface area contributed by atoms with Gasteiger partial charge in [0.25, 0.3) is 0 Å². The van der Waals surface area contributed by atoms with Crippen molar-refractivity contribution in [2.45, 2.75) is 13.0 Å². The lowest BCUT2D eigenvalue weighted by molar-refractivity contribution is -0.120. The van der Waals surface area contributed by atoms with Gasteiger partial charge in [0.05, 0.1) is 17.5 Å². The molecule has 2 aromatic heterocycles. The lowest BCUT2D eigenvalue weighted by Crippen LogP contribution is -2.39. The van der Waals surface area contributed by atoms with Gasteiger partial charge in [0, 0.05) is 37.2 Å². The molecule has 142 valence electrons. The Morgan fingerprint density at radius 2 is 1.75 bits per heavy atom. The van der Waals surface area contributed by atoms with Crippen molar-refractivity contribution < 1.29 is 4.79 Å². The predicted molar refractivity (Wildman–Crippen MR) is 108 cm³/mol. The molecule has 28 heavy (non-hydrogen) atoms. The fraction of sp³-hybridized carbons (Fsp3) is 0.190. The number of carbonyl (C=O) groups excluding carboxylic acids is 1. The molecule has 7 heteroatoms. The van der Waals surface area contributed by atoms with Gasteiger partial charge in [0.15, 0.2) is 0 Å². The van der Waals surface area contributed by atoms with Gasteiger partial charge < -0.3 is 19.4 Å². The first-order chi connectivity index (χ1) is 13.5. The molecule has 1 amide bonds. The Balaban J connectivity index is 1.48. The zero-order chi connectivity index (χ0) is 19.7. The monoisotopic (exact) mass is 376 g/mol. The number of nitrogens with zero attached hydrogens (tertiary/aromatic N) is 2. The van der Waals surface area contributed by atoms with Crippen molar-refractivity contribution in [3.63, 3.8) is 0 Å². The van der Waals surface area contributed by atoms with E-state index in [1.54, 1.807) is 24.3 Å². The predicted octanol–water partition coefficient (Wildman–Crippen LogP) is 1.54. The first kappa shape index (κ1) is 17.8. The molecule has 0 aliphatic rings. The van der Waals surface area contributed by atoms with Gasteiger partial charge in [-0.05, 0) is 23.8 Å². The van der Waals surface area contributed by atoms with Crippen LogP contribution in [0.2, 0.25) is 0 Å². The van der Waals surface area contributed by atoms with Gasteiger partial charge in [-0.15, -0.1) is 0 Å². The van der Waals surface area contributed by atoms with E-state index in [-0.39, 0.29) is 25.4 Å². The number of aromatic amines is 1. The molecule has 0 bridgehead atoms. The lowest BCUT2D eigenvalue weighted by atomic mass is 10.1. The summed E-state index contributed by atoms with van der Waals surface area (Å²) < 4.78 is 3.40. The van der Waals surface area contributed by atoms with Gasteiger partial charge in [0.2, 0.25) is 5.91 Å². The topological polar surface area (TPSA) is 88.9 Å². The van der Waals surface area contributed by atoms with Gasteiger partial charge in [-0.25, -0.2) is 0 Å². The van der Waals surface area contributed by atoms with Gasteiger partial charge in [-0.2, -0.15) is 0 Å². The van der Waals surface area contributed by atoms with E-state index in [1.165, 1.54) is 4.57 Å². The molecule has 4 rings (SSSR count). The summed E-state index contributed by atoms with van der Waals surface area (Å²) in [6.45, 7) is 0.488. The van der Waals surface area contributed by atoms with Crippen molar-refractivity contribution in [3.8, 4) is 0 Å². The van der Waals surface area contributed by atoms with Gasteiger partial charge in [-0.3, -0.25) is 14.4 Å². The second-order valence-electron chi connectivity index (χ2n) is 6.74. The molecule has 0 fully saturated rings. The second-order valence-corrected chi connectivity index (χ2v) is 6.74. The quantitative estimate of drug-likeness (QED) is 0.518. The van der Waals surface area contributed by atoms with Crippen LogP contribution in [0.3, 0.4) is 0 Å². The maximum Gasteiger partial charge on any atom is 0.316 e. The summed E-state index contributed by atoms with van der Waals surface area (Å²) in [5, 5.41) is 3.90. The van der Waals surface area contributed by atoms with Crippen LogP contribution in [0.25, 0.3) is 21.9 Å². The van der Waals surface area contributed by atoms with E-state index < -0.39 is 11.1 Å². The smallest absolute Gasteiger partial charge is 0.316 e. The molecule has 0 saturated carbocycles. The standard InChI is InChI=1S/C21H20N4O3/c1-24-13-14(15-6-2-4-8-17(15)24)12-19(26)22-10-11-25-18-9-5-3-7-16(18)23-20(27)21(25)28/h2-9,13H,10-12H2,1H3,(H,22,26)(H,23,27). The number of rotatable bonds is 5. The van der Waals surface area contributed by atoms with Crippen LogP contribution >= 0.6 is 0 Å². The summed E-state index contributed by atoms with van der Waals surface area (Å²) in [4.78, 5) is 39.0. The molecule has 2 aromatic carbocycles. The summed E-state index contributed by atoms with van der Waals surface area (Å²) in [5.74, 6) is -0.126. The third kappa shape index (κ3) is 3.22. The zero-order valence-corrected chi connectivity index (χ0v) is 15.4. The average molecular weight is 376 g/mol. The second kappa shape index (κ2) is 7.19. The molecule has 0 saturated heterocycles. The molecular weight excluding hydrogens is 356 g/mol. The van der Waals surface area contributed by atoms with Gasteiger partial charge >= 0.3 is 11.1 Å². The molecule has 0 radical (unpaired) electrons. The third-order valence-corrected chi connectivity index (χ3v) is 4.87. The van der Waals surface area contributed by atoms with E-state index >= 15 is 0 Å². The first-order valence-corrected chi connectivity index (χ1v) is 9.06. The van der Waals surface area contributed by atoms with Gasteiger partial charge in [-0.1, -0.05) is 30.3 Å². The maximum absolute atomic E-state index is 12.4. The molecule has 0 atom stereocenters. The Kier molecular flexibility index (Phi) is 4.57. The molecule has 2 N–H and O–H groups in total. The average Bonchev–Trinajstić information content (AvgIpc) is 3.00. The van der Waals surface area contributed by atoms with Crippen LogP contribution in [0.1, 0.15) is 5.56 Å². The van der Waals surface area contributed by atoms with Crippen molar-refractivity contribution >= 4 is 27.8 Å². The Hall–Kier alpha value is -3.61. The highest BCUT2D eigenvalue weighted by molar-refractivity contribution is 5.89. The van der Waals surface area contributed by atoms with Crippen LogP contribution in [-0.4, -0.2) is 26.6 Å². The SMILES string of the molecule is Cn1cc(CC(=O)NCCn2c(=O)c(=O)[nH]c3ccccc32)c2ccccc21. The summed E-state index contributed by atoms with van der Waals surface area (Å²) in [5.41, 5.74) is 1.97. The molecule has 0 aliphatic carbocycles. The van der Waals surface area contributed by atoms with E-state index in [2.05, 4.69) is 10.3 Å². The summed E-state index contributed by atoms with van der Waals surface area (Å²) in [7, 11) is 1.95. The number of fused-ring (bicyclic) bond motifs is 2. The number of benzene rings is 2. The Labute approximate surface area is 160 Å². The van der Waals surface area contributed by atoms with Crippen molar-refractivity contribution in [1.82, 2.24) is 19.4 Å². The molecule has 0 unspecified atom stereocenters. The van der Waals surface area contributed by atoms with E-state index in [0.717, 1.165) is 16.5 Å². The highest BCUT2D eigenvalue weighted by Crippen LogP contribution is 2.20. The largest absolute Gasteiger partial charge is 0.354 e. The number of nitrogens with one attached hydrogen (secondary N) is 2. The number of hydrogen-bond donors (Lipinski definition) is 2. The molecule has 2 heterocycles. The fourth-order valence-corrected chi connectivity index (χ4v) is 3.55. The zero-order valence-electron chi connectivity index (χ0n) is 15.4. The summed E-state index contributed by atoms with van der Waals surface area (Å²) in [6, 6.07) is 15.0.